The topological polar surface area (TPSA) is 104 Å². The first-order chi connectivity index (χ1) is 5.02. The largest absolute Gasteiger partial charge is 0.740 e. The lowest BCUT2D eigenvalue weighted by Gasteiger charge is -2.00. The van der Waals surface area contributed by atoms with Crippen LogP contribution >= 0.6 is 0 Å². The summed E-state index contributed by atoms with van der Waals surface area (Å²) in [5.74, 6) is -2.61. The molecule has 0 radical (unpaired) electrons. The maximum atomic E-state index is 10.2. The summed E-state index contributed by atoms with van der Waals surface area (Å²) in [6, 6.07) is 0. The lowest BCUT2D eigenvalue weighted by Crippen LogP contribution is -2.03. The van der Waals surface area contributed by atoms with Gasteiger partial charge in [0, 0.05) is 12.2 Å². The van der Waals surface area contributed by atoms with E-state index in [1.54, 1.807) is 0 Å². The molecule has 0 aromatic heterocycles. The van der Waals surface area contributed by atoms with Crippen LogP contribution in [0.1, 0.15) is 0 Å². The Hall–Kier alpha value is -1.21. The second-order valence-corrected chi connectivity index (χ2v) is 1.85. The van der Waals surface area contributed by atoms with Gasteiger partial charge < -0.3 is 13.8 Å². The Bertz CT molecular complexity index is 219. The molecule has 0 aromatic carbocycles. The van der Waals surface area contributed by atoms with E-state index in [0.29, 0.717) is 12.2 Å². The molecule has 7 heteroatoms. The molecule has 0 saturated heterocycles. The van der Waals surface area contributed by atoms with E-state index in [4.69, 9.17) is 5.11 Å². The Morgan fingerprint density at radius 2 is 2.00 bits per heavy atom. The second kappa shape index (κ2) is 4.58. The summed E-state index contributed by atoms with van der Waals surface area (Å²) in [4.78, 5) is 19.9. The number of carboxylic acids is 1. The van der Waals surface area contributed by atoms with Gasteiger partial charge in [-0.3, -0.25) is 0 Å². The first-order valence-corrected chi connectivity index (χ1v) is 3.25. The smallest absolute Gasteiger partial charge is 0.344 e. The van der Waals surface area contributed by atoms with E-state index in [9.17, 15) is 18.4 Å². The molecule has 0 aliphatic heterocycles. The molecule has 6 nitrogen and oxygen atoms in total. The average molecular weight is 179 g/mol. The van der Waals surface area contributed by atoms with Crippen molar-refractivity contribution in [2.45, 2.75) is 0 Å². The van der Waals surface area contributed by atoms with E-state index in [2.05, 4.69) is 4.18 Å². The van der Waals surface area contributed by atoms with Gasteiger partial charge in [0.2, 0.25) is 0 Å². The third-order valence-electron chi connectivity index (χ3n) is 0.512. The highest BCUT2D eigenvalue weighted by Crippen LogP contribution is 1.83. The average Bonchev–Trinajstić information content (AvgIpc) is 1.82. The molecule has 11 heavy (non-hydrogen) atoms. The van der Waals surface area contributed by atoms with E-state index in [-0.39, 0.29) is 0 Å². The third-order valence-corrected chi connectivity index (χ3v) is 0.813. The van der Waals surface area contributed by atoms with Crippen LogP contribution in [0.25, 0.3) is 0 Å². The van der Waals surface area contributed by atoms with Gasteiger partial charge in [-0.15, -0.1) is 0 Å². The molecule has 0 aliphatic carbocycles. The van der Waals surface area contributed by atoms with Crippen molar-refractivity contribution in [3.8, 4) is 0 Å². The minimum absolute atomic E-state index is 0.467. The molecule has 0 fully saturated rings. The highest BCUT2D eigenvalue weighted by atomic mass is 32.2. The van der Waals surface area contributed by atoms with Gasteiger partial charge in [-0.2, -0.15) is 0 Å². The van der Waals surface area contributed by atoms with E-state index >= 15 is 0 Å². The van der Waals surface area contributed by atoms with Crippen molar-refractivity contribution in [2.75, 3.05) is 0 Å². The van der Waals surface area contributed by atoms with E-state index in [1.165, 1.54) is 0 Å². The number of hydrogen-bond donors (Lipinski definition) is 1. The van der Waals surface area contributed by atoms with Crippen LogP contribution in [0.4, 0.5) is 0 Å². The van der Waals surface area contributed by atoms with Crippen molar-refractivity contribution < 1.29 is 27.6 Å². The van der Waals surface area contributed by atoms with Gasteiger partial charge >= 0.3 is 11.9 Å². The molecular formula is C4H3O6S-. The second-order valence-electron chi connectivity index (χ2n) is 1.28. The van der Waals surface area contributed by atoms with Crippen molar-refractivity contribution in [2.24, 2.45) is 0 Å². The van der Waals surface area contributed by atoms with Gasteiger partial charge in [0.1, 0.15) is 11.4 Å². The van der Waals surface area contributed by atoms with Gasteiger partial charge in [0.15, 0.2) is 0 Å². The number of carbonyl (C=O) groups is 2. The summed E-state index contributed by atoms with van der Waals surface area (Å²) in [5.41, 5.74) is 0. The molecule has 1 atom stereocenters. The normalized spacial score (nSPS) is 12.8. The van der Waals surface area contributed by atoms with Gasteiger partial charge in [-0.05, 0) is 0 Å². The summed E-state index contributed by atoms with van der Waals surface area (Å²) in [5, 5.41) is 7.95. The molecule has 1 N–H and O–H groups in total. The fourth-order valence-corrected chi connectivity index (χ4v) is 0.424. The van der Waals surface area contributed by atoms with Crippen LogP contribution in [-0.2, 0) is 25.1 Å². The van der Waals surface area contributed by atoms with Gasteiger partial charge in [0.25, 0.3) is 0 Å². The zero-order valence-electron chi connectivity index (χ0n) is 5.05. The summed E-state index contributed by atoms with van der Waals surface area (Å²) >= 11 is -2.95. The van der Waals surface area contributed by atoms with E-state index < -0.39 is 23.3 Å². The highest BCUT2D eigenvalue weighted by Gasteiger charge is 1.96. The van der Waals surface area contributed by atoms with Crippen LogP contribution in [0.5, 0.6) is 0 Å². The molecule has 0 amide bonds. The lowest BCUT2D eigenvalue weighted by molar-refractivity contribution is -0.133. The van der Waals surface area contributed by atoms with Gasteiger partial charge in [-0.1, -0.05) is 0 Å². The maximum absolute atomic E-state index is 10.2. The number of carbonyl (C=O) groups excluding carboxylic acids is 1. The fraction of sp³-hybridized carbons (Fsp3) is 0. The Morgan fingerprint density at radius 1 is 1.45 bits per heavy atom. The zero-order valence-corrected chi connectivity index (χ0v) is 5.87. The predicted molar refractivity (Wildman–Crippen MR) is 31.8 cm³/mol. The molecule has 0 aliphatic rings. The summed E-state index contributed by atoms with van der Waals surface area (Å²) in [6.07, 6.45) is 0.952. The summed E-state index contributed by atoms with van der Waals surface area (Å²) < 4.78 is 22.8. The molecule has 0 spiro atoms. The van der Waals surface area contributed by atoms with Crippen molar-refractivity contribution in [1.82, 2.24) is 0 Å². The molecule has 1 unspecified atom stereocenters. The Morgan fingerprint density at radius 3 is 2.36 bits per heavy atom. The molecule has 0 saturated carbocycles. The Kier molecular flexibility index (Phi) is 4.08. The number of rotatable bonds is 3. The minimum Gasteiger partial charge on any atom is -0.740 e. The first-order valence-electron chi connectivity index (χ1n) is 2.25. The highest BCUT2D eigenvalue weighted by molar-refractivity contribution is 7.74. The molecule has 0 bridgehead atoms. The van der Waals surface area contributed by atoms with Gasteiger partial charge in [-0.25, -0.2) is 13.8 Å². The van der Waals surface area contributed by atoms with Crippen LogP contribution in [0.2, 0.25) is 0 Å². The summed E-state index contributed by atoms with van der Waals surface area (Å²) in [6.45, 7) is 0. The molecule has 0 rings (SSSR count). The van der Waals surface area contributed by atoms with Crippen LogP contribution in [0, 0.1) is 0 Å². The lowest BCUT2D eigenvalue weighted by atomic mass is 10.5. The number of aliphatic carboxylic acids is 1. The van der Waals surface area contributed by atoms with Crippen LogP contribution in [0.3, 0.4) is 0 Å². The van der Waals surface area contributed by atoms with Crippen molar-refractivity contribution in [1.29, 1.82) is 0 Å². The quantitative estimate of drug-likeness (QED) is 0.438. The fourth-order valence-electron chi connectivity index (χ4n) is 0.234. The molecule has 62 valence electrons. The van der Waals surface area contributed by atoms with Crippen LogP contribution in [0.15, 0.2) is 12.2 Å². The van der Waals surface area contributed by atoms with E-state index in [0.717, 1.165) is 0 Å². The number of carboxylic acid groups (broad SMARTS) is 1. The maximum Gasteiger partial charge on any atom is 0.344 e. The molecule has 0 aromatic rings. The molecular weight excluding hydrogens is 176 g/mol. The standard InChI is InChI=1S/C4H4O6S/c5-3(6)1-2-4(7)10-11(8)9/h1-2H,(H,5,6)(H,8,9)/p-1/b2-1-. The van der Waals surface area contributed by atoms with Crippen molar-refractivity contribution in [3.63, 3.8) is 0 Å². The van der Waals surface area contributed by atoms with Crippen LogP contribution < -0.4 is 0 Å². The molecule has 0 heterocycles. The first kappa shape index (κ1) is 9.79. The summed E-state index contributed by atoms with van der Waals surface area (Å²) in [7, 11) is 0. The van der Waals surface area contributed by atoms with E-state index in [1.807, 2.05) is 0 Å². The Balaban J connectivity index is 3.88. The predicted octanol–water partition coefficient (Wildman–Crippen LogP) is -1.04. The van der Waals surface area contributed by atoms with Gasteiger partial charge in [0.05, 0.1) is 0 Å². The van der Waals surface area contributed by atoms with Crippen molar-refractivity contribution in [3.05, 3.63) is 12.2 Å². The van der Waals surface area contributed by atoms with Crippen LogP contribution in [-0.4, -0.2) is 25.8 Å². The van der Waals surface area contributed by atoms with Crippen molar-refractivity contribution >= 4 is 23.3 Å². The third kappa shape index (κ3) is 6.68. The zero-order chi connectivity index (χ0) is 8.85. The minimum atomic E-state index is -2.95. The SMILES string of the molecule is O=C(O)/C=C\C(=O)OS(=O)[O-]. The monoisotopic (exact) mass is 179 g/mol. The number of hydrogen-bond acceptors (Lipinski definition) is 5. The Labute approximate surface area is 64.0 Å².